The first-order chi connectivity index (χ1) is 14.3. The van der Waals surface area contributed by atoms with E-state index in [4.69, 9.17) is 4.42 Å². The summed E-state index contributed by atoms with van der Waals surface area (Å²) >= 11 is 0. The Bertz CT molecular complexity index is 1430. The molecule has 152 valence electrons. The molecule has 11 heteroatoms. The van der Waals surface area contributed by atoms with E-state index in [1.807, 2.05) is 36.2 Å². The van der Waals surface area contributed by atoms with Crippen molar-refractivity contribution in [2.24, 2.45) is 0 Å². The number of rotatable bonds is 5. The van der Waals surface area contributed by atoms with Crippen LogP contribution >= 0.6 is 0 Å². The lowest BCUT2D eigenvalue weighted by molar-refractivity contribution is 0.584. The maximum absolute atomic E-state index is 12.5. The summed E-state index contributed by atoms with van der Waals surface area (Å²) in [5, 5.41) is 8.05. The maximum atomic E-state index is 12.5. The molecule has 0 spiro atoms. The van der Waals surface area contributed by atoms with Crippen molar-refractivity contribution in [3.63, 3.8) is 0 Å². The van der Waals surface area contributed by atoms with E-state index in [2.05, 4.69) is 19.9 Å². The van der Waals surface area contributed by atoms with Gasteiger partial charge < -0.3 is 9.40 Å². The van der Waals surface area contributed by atoms with Crippen LogP contribution in [0.4, 0.5) is 5.69 Å². The van der Waals surface area contributed by atoms with Gasteiger partial charge in [0.05, 0.1) is 0 Å². The molecule has 0 amide bonds. The predicted molar refractivity (Wildman–Crippen MR) is 108 cm³/mol. The monoisotopic (exact) mass is 425 g/mol. The quantitative estimate of drug-likeness (QED) is 0.442. The Kier molecular flexibility index (Phi) is 4.80. The normalized spacial score (nSPS) is 11.4. The van der Waals surface area contributed by atoms with Gasteiger partial charge in [-0.1, -0.05) is 23.8 Å². The number of nitrogens with one attached hydrogen (secondary N) is 3. The van der Waals surface area contributed by atoms with Crippen LogP contribution in [0.2, 0.25) is 0 Å². The summed E-state index contributed by atoms with van der Waals surface area (Å²) in [6, 6.07) is 13.8. The van der Waals surface area contributed by atoms with E-state index in [-0.39, 0.29) is 11.6 Å². The molecular weight excluding hydrogens is 410 g/mol. The SMILES string of the molecule is Cc1ccc(-c2nnc(-c3cccc(NS(=O)(=O)c4c[nH]c(=O)[nH]c4=O)c3)o2)cc1. The van der Waals surface area contributed by atoms with Crippen LogP contribution in [0, 0.1) is 6.92 Å². The molecule has 4 aromatic rings. The summed E-state index contributed by atoms with van der Waals surface area (Å²) in [4.78, 5) is 26.3. The summed E-state index contributed by atoms with van der Waals surface area (Å²) in [7, 11) is -4.23. The summed E-state index contributed by atoms with van der Waals surface area (Å²) < 4.78 is 33.0. The van der Waals surface area contributed by atoms with Gasteiger partial charge in [-0.2, -0.15) is 0 Å². The van der Waals surface area contributed by atoms with Crippen molar-refractivity contribution in [3.05, 3.63) is 81.1 Å². The molecule has 2 aromatic carbocycles. The van der Waals surface area contributed by atoms with Gasteiger partial charge >= 0.3 is 5.69 Å². The third-order valence-electron chi connectivity index (χ3n) is 4.16. The van der Waals surface area contributed by atoms with E-state index >= 15 is 0 Å². The fourth-order valence-electron chi connectivity index (χ4n) is 2.68. The molecule has 2 aromatic heterocycles. The topological polar surface area (TPSA) is 151 Å². The van der Waals surface area contributed by atoms with Crippen LogP contribution in [-0.2, 0) is 10.0 Å². The average Bonchev–Trinajstić information content (AvgIpc) is 3.18. The molecular formula is C19H15N5O5S. The number of aryl methyl sites for hydroxylation is 1. The van der Waals surface area contributed by atoms with Crippen molar-refractivity contribution in [1.29, 1.82) is 0 Å². The minimum absolute atomic E-state index is 0.174. The predicted octanol–water partition coefficient (Wildman–Crippen LogP) is 1.89. The van der Waals surface area contributed by atoms with Crippen LogP contribution in [0.15, 0.2) is 73.6 Å². The number of hydrogen-bond acceptors (Lipinski definition) is 7. The van der Waals surface area contributed by atoms with Gasteiger partial charge in [-0.15, -0.1) is 10.2 Å². The molecule has 0 atom stereocenters. The van der Waals surface area contributed by atoms with E-state index in [0.717, 1.165) is 17.3 Å². The van der Waals surface area contributed by atoms with Crippen LogP contribution in [0.25, 0.3) is 22.9 Å². The molecule has 2 heterocycles. The minimum atomic E-state index is -4.23. The van der Waals surface area contributed by atoms with Crippen molar-refractivity contribution in [3.8, 4) is 22.9 Å². The second-order valence-electron chi connectivity index (χ2n) is 6.40. The lowest BCUT2D eigenvalue weighted by Crippen LogP contribution is -2.29. The molecule has 0 aliphatic heterocycles. The van der Waals surface area contributed by atoms with Crippen molar-refractivity contribution < 1.29 is 12.8 Å². The van der Waals surface area contributed by atoms with Crippen molar-refractivity contribution >= 4 is 15.7 Å². The highest BCUT2D eigenvalue weighted by atomic mass is 32.2. The number of benzene rings is 2. The zero-order valence-electron chi connectivity index (χ0n) is 15.5. The minimum Gasteiger partial charge on any atom is -0.416 e. The highest BCUT2D eigenvalue weighted by Gasteiger charge is 2.19. The number of sulfonamides is 1. The van der Waals surface area contributed by atoms with Crippen LogP contribution in [0.3, 0.4) is 0 Å². The summed E-state index contributed by atoms with van der Waals surface area (Å²) in [5.41, 5.74) is 0.682. The van der Waals surface area contributed by atoms with Crippen LogP contribution in [0.5, 0.6) is 0 Å². The van der Waals surface area contributed by atoms with Crippen molar-refractivity contribution in [2.45, 2.75) is 11.8 Å². The fourth-order valence-corrected chi connectivity index (χ4v) is 3.73. The largest absolute Gasteiger partial charge is 0.416 e. The van der Waals surface area contributed by atoms with Gasteiger partial charge in [0.1, 0.15) is 0 Å². The molecule has 4 rings (SSSR count). The van der Waals surface area contributed by atoms with E-state index in [9.17, 15) is 18.0 Å². The molecule has 0 saturated heterocycles. The molecule has 0 unspecified atom stereocenters. The first-order valence-electron chi connectivity index (χ1n) is 8.68. The van der Waals surface area contributed by atoms with Gasteiger partial charge in [0.25, 0.3) is 15.6 Å². The number of nitrogens with zero attached hydrogens (tertiary/aromatic N) is 2. The summed E-state index contributed by atoms with van der Waals surface area (Å²) in [5.74, 6) is 0.532. The van der Waals surface area contributed by atoms with Gasteiger partial charge in [-0.05, 0) is 37.3 Å². The summed E-state index contributed by atoms with van der Waals surface area (Å²) in [6.07, 6.45) is 0.833. The first-order valence-corrected chi connectivity index (χ1v) is 10.2. The lowest BCUT2D eigenvalue weighted by Gasteiger charge is -2.07. The van der Waals surface area contributed by atoms with Gasteiger partial charge in [0.2, 0.25) is 11.8 Å². The Labute approximate surface area is 169 Å². The van der Waals surface area contributed by atoms with E-state index < -0.39 is 26.2 Å². The van der Waals surface area contributed by atoms with E-state index in [0.29, 0.717) is 11.5 Å². The smallest absolute Gasteiger partial charge is 0.325 e. The molecule has 0 fully saturated rings. The van der Waals surface area contributed by atoms with Crippen LogP contribution in [0.1, 0.15) is 5.56 Å². The maximum Gasteiger partial charge on any atom is 0.325 e. The van der Waals surface area contributed by atoms with Gasteiger partial charge in [0, 0.05) is 23.0 Å². The Morgan fingerprint density at radius 2 is 1.67 bits per heavy atom. The standard InChI is InChI=1S/C19H15N5O5S/c1-11-5-7-12(8-6-11)17-22-23-18(29-17)13-3-2-4-14(9-13)24-30(27,28)15-10-20-19(26)21-16(15)25/h2-10,24H,1H3,(H2,20,21,25,26). The molecule has 0 aliphatic rings. The third kappa shape index (κ3) is 3.91. The fraction of sp³-hybridized carbons (Fsp3) is 0.0526. The van der Waals surface area contributed by atoms with Gasteiger partial charge in [-0.25, -0.2) is 13.2 Å². The zero-order valence-corrected chi connectivity index (χ0v) is 16.4. The zero-order chi connectivity index (χ0) is 21.3. The number of hydrogen-bond donors (Lipinski definition) is 3. The molecule has 0 saturated carbocycles. The Balaban J connectivity index is 1.62. The number of anilines is 1. The molecule has 0 radical (unpaired) electrons. The second-order valence-corrected chi connectivity index (χ2v) is 8.05. The van der Waals surface area contributed by atoms with Crippen LogP contribution in [-0.4, -0.2) is 28.6 Å². The highest BCUT2D eigenvalue weighted by molar-refractivity contribution is 7.92. The van der Waals surface area contributed by atoms with E-state index in [1.54, 1.807) is 12.1 Å². The first kappa shape index (κ1) is 19.3. The molecule has 0 bridgehead atoms. The van der Waals surface area contributed by atoms with Crippen molar-refractivity contribution in [1.82, 2.24) is 20.2 Å². The van der Waals surface area contributed by atoms with Crippen molar-refractivity contribution in [2.75, 3.05) is 4.72 Å². The molecule has 10 nitrogen and oxygen atoms in total. The Hall–Kier alpha value is -3.99. The highest BCUT2D eigenvalue weighted by Crippen LogP contribution is 2.26. The van der Waals surface area contributed by atoms with Crippen LogP contribution < -0.4 is 16.0 Å². The van der Waals surface area contributed by atoms with Gasteiger partial charge in [-0.3, -0.25) is 14.5 Å². The number of aromatic nitrogens is 4. The Morgan fingerprint density at radius 3 is 2.37 bits per heavy atom. The molecule has 30 heavy (non-hydrogen) atoms. The lowest BCUT2D eigenvalue weighted by atomic mass is 10.1. The average molecular weight is 425 g/mol. The third-order valence-corrected chi connectivity index (χ3v) is 5.55. The van der Waals surface area contributed by atoms with Gasteiger partial charge in [0.15, 0.2) is 4.90 Å². The number of H-pyrrole nitrogens is 2. The Morgan fingerprint density at radius 1 is 0.967 bits per heavy atom. The molecule has 3 N–H and O–H groups in total. The second kappa shape index (κ2) is 7.44. The van der Waals surface area contributed by atoms with E-state index in [1.165, 1.54) is 12.1 Å². The molecule has 0 aliphatic carbocycles. The summed E-state index contributed by atoms with van der Waals surface area (Å²) in [6.45, 7) is 1.97. The number of aromatic amines is 2.